The Morgan fingerprint density at radius 3 is 2.45 bits per heavy atom. The minimum absolute atomic E-state index is 0.00425. The van der Waals surface area contributed by atoms with Crippen molar-refractivity contribution < 1.29 is 34.2 Å². The zero-order valence-corrected chi connectivity index (χ0v) is 23.9. The zero-order chi connectivity index (χ0) is 30.7. The first-order chi connectivity index (χ1) is 19.8. The maximum Gasteiger partial charge on any atom is 0.235 e. The zero-order valence-electron chi connectivity index (χ0n) is 23.9. The van der Waals surface area contributed by atoms with Crippen molar-refractivity contribution in [2.24, 2.45) is 29.4 Å². The number of rotatable bonds is 7. The topological polar surface area (TPSA) is 168 Å². The summed E-state index contributed by atoms with van der Waals surface area (Å²) in [4.78, 5) is 72.7. The van der Waals surface area contributed by atoms with Crippen molar-refractivity contribution >= 4 is 29.0 Å². The molecule has 4 N–H and O–H groups in total. The van der Waals surface area contributed by atoms with E-state index in [1.54, 1.807) is 26.4 Å². The van der Waals surface area contributed by atoms with Crippen LogP contribution in [0.5, 0.6) is 5.75 Å². The number of aromatic nitrogens is 1. The van der Waals surface area contributed by atoms with Gasteiger partial charge in [0.05, 0.1) is 17.5 Å². The van der Waals surface area contributed by atoms with Gasteiger partial charge in [0.2, 0.25) is 5.91 Å². The molecule has 10 heteroatoms. The number of hydrogen-bond acceptors (Lipinski definition) is 9. The van der Waals surface area contributed by atoms with Crippen molar-refractivity contribution in [3.05, 3.63) is 59.4 Å². The summed E-state index contributed by atoms with van der Waals surface area (Å²) in [7, 11) is 3.11. The van der Waals surface area contributed by atoms with E-state index in [2.05, 4.69) is 18.5 Å². The van der Waals surface area contributed by atoms with E-state index in [9.17, 15) is 34.2 Å². The summed E-state index contributed by atoms with van der Waals surface area (Å²) >= 11 is 0. The molecule has 0 spiro atoms. The van der Waals surface area contributed by atoms with Crippen LogP contribution in [0.15, 0.2) is 42.6 Å². The molecular formula is C32H35N3O7. The van der Waals surface area contributed by atoms with Crippen LogP contribution in [-0.2, 0) is 32.0 Å². The molecule has 5 rings (SSSR count). The van der Waals surface area contributed by atoms with Gasteiger partial charge in [0.25, 0.3) is 0 Å². The fourth-order valence-corrected chi connectivity index (χ4v) is 7.26. The Morgan fingerprint density at radius 1 is 1.14 bits per heavy atom. The smallest absolute Gasteiger partial charge is 0.235 e. The summed E-state index contributed by atoms with van der Waals surface area (Å²) in [6.07, 6.45) is 4.44. The number of ketones is 4. The van der Waals surface area contributed by atoms with Crippen molar-refractivity contribution in [1.82, 2.24) is 9.88 Å². The van der Waals surface area contributed by atoms with Crippen LogP contribution in [0.4, 0.5) is 0 Å². The largest absolute Gasteiger partial charge is 0.507 e. The van der Waals surface area contributed by atoms with Gasteiger partial charge in [0, 0.05) is 29.8 Å². The lowest BCUT2D eigenvalue weighted by Crippen LogP contribution is -2.74. The molecule has 2 saturated carbocycles. The number of carbonyl (C=O) groups excluding carboxylic acids is 5. The predicted octanol–water partition coefficient (Wildman–Crippen LogP) is 1.83. The van der Waals surface area contributed by atoms with Crippen LogP contribution in [0.3, 0.4) is 0 Å². The molecule has 1 heterocycles. The fourth-order valence-electron chi connectivity index (χ4n) is 7.26. The molecule has 10 nitrogen and oxygen atoms in total. The van der Waals surface area contributed by atoms with E-state index in [1.165, 1.54) is 11.0 Å². The Morgan fingerprint density at radius 2 is 1.86 bits per heavy atom. The Labute approximate surface area is 243 Å². The van der Waals surface area contributed by atoms with Gasteiger partial charge >= 0.3 is 0 Å². The van der Waals surface area contributed by atoms with E-state index in [1.807, 2.05) is 12.1 Å². The molecule has 3 aliphatic rings. The van der Waals surface area contributed by atoms with Crippen molar-refractivity contribution in [3.8, 4) is 16.9 Å². The quantitative estimate of drug-likeness (QED) is 0.331. The Kier molecular flexibility index (Phi) is 7.49. The Hall–Kier alpha value is -4.02. The van der Waals surface area contributed by atoms with Gasteiger partial charge in [-0.1, -0.05) is 37.6 Å². The van der Waals surface area contributed by atoms with Crippen molar-refractivity contribution in [2.45, 2.75) is 50.7 Å². The highest BCUT2D eigenvalue weighted by Gasteiger charge is 2.69. The van der Waals surface area contributed by atoms with Crippen LogP contribution in [0.2, 0.25) is 0 Å². The van der Waals surface area contributed by atoms with E-state index >= 15 is 0 Å². The van der Waals surface area contributed by atoms with Crippen LogP contribution < -0.4 is 5.73 Å². The lowest BCUT2D eigenvalue weighted by molar-refractivity contribution is -0.181. The average molecular weight is 574 g/mol. The number of phenols is 1. The first kappa shape index (κ1) is 29.5. The number of aliphatic hydroxyl groups is 1. The maximum atomic E-state index is 14.0. The molecular weight excluding hydrogens is 538 g/mol. The third-order valence-electron chi connectivity index (χ3n) is 9.12. The number of allylic oxidation sites excluding steroid dienone is 1. The number of Topliss-reactive ketones (excluding diaryl/α,β-unsaturated/α-hetero) is 4. The molecule has 0 saturated heterocycles. The monoisotopic (exact) mass is 573 g/mol. The number of nitrogens with zero attached hydrogens (tertiary/aromatic N) is 2. The number of nitrogens with two attached hydrogens (primary N) is 1. The van der Waals surface area contributed by atoms with Gasteiger partial charge < -0.3 is 15.9 Å². The number of hydrogen-bond donors (Lipinski definition) is 3. The highest BCUT2D eigenvalue weighted by Crippen LogP contribution is 2.51. The molecule has 2 aromatic rings. The molecule has 3 aliphatic carbocycles. The van der Waals surface area contributed by atoms with Crippen LogP contribution in [0.1, 0.15) is 47.8 Å². The van der Waals surface area contributed by atoms with E-state index in [4.69, 9.17) is 5.73 Å². The van der Waals surface area contributed by atoms with Crippen molar-refractivity contribution in [1.29, 1.82) is 0 Å². The van der Waals surface area contributed by atoms with E-state index < -0.39 is 64.4 Å². The number of likely N-dealkylation sites (N-methyl/N-ethyl adjacent to an activating group) is 1. The fraction of sp³-hybridized carbons (Fsp3) is 0.438. The second-order valence-corrected chi connectivity index (χ2v) is 12.0. The molecule has 1 amide bonds. The minimum atomic E-state index is -2.74. The lowest BCUT2D eigenvalue weighted by atomic mass is 9.52. The Balaban J connectivity index is 1.56. The highest BCUT2D eigenvalue weighted by atomic mass is 16.3. The third kappa shape index (κ3) is 4.40. The molecule has 0 bridgehead atoms. The number of pyridine rings is 1. The van der Waals surface area contributed by atoms with Gasteiger partial charge in [-0.2, -0.15) is 0 Å². The summed E-state index contributed by atoms with van der Waals surface area (Å²) in [5.41, 5.74) is 6.44. The van der Waals surface area contributed by atoms with E-state index in [0.29, 0.717) is 17.5 Å². The summed E-state index contributed by atoms with van der Waals surface area (Å²) in [6, 6.07) is 5.71. The van der Waals surface area contributed by atoms with Crippen LogP contribution in [-0.4, -0.2) is 74.9 Å². The van der Waals surface area contributed by atoms with E-state index in [0.717, 1.165) is 29.7 Å². The van der Waals surface area contributed by atoms with E-state index in [-0.39, 0.29) is 24.2 Å². The predicted molar refractivity (Wildman–Crippen MR) is 152 cm³/mol. The van der Waals surface area contributed by atoms with Gasteiger partial charge in [-0.05, 0) is 62.5 Å². The van der Waals surface area contributed by atoms with Crippen LogP contribution in [0.25, 0.3) is 11.1 Å². The highest BCUT2D eigenvalue weighted by molar-refractivity contribution is 6.32. The lowest BCUT2D eigenvalue weighted by Gasteiger charge is -2.52. The van der Waals surface area contributed by atoms with Gasteiger partial charge in [-0.15, -0.1) is 0 Å². The van der Waals surface area contributed by atoms with Crippen molar-refractivity contribution in [2.75, 3.05) is 14.1 Å². The van der Waals surface area contributed by atoms with Gasteiger partial charge in [-0.3, -0.25) is 33.9 Å². The number of carbonyl (C=O) groups is 5. The van der Waals surface area contributed by atoms with Gasteiger partial charge in [0.15, 0.2) is 34.7 Å². The second kappa shape index (κ2) is 10.7. The molecule has 0 radical (unpaired) electrons. The number of aromatic hydroxyl groups is 1. The summed E-state index contributed by atoms with van der Waals surface area (Å²) in [5.74, 6) is -10.6. The average Bonchev–Trinajstić information content (AvgIpc) is 2.91. The number of benzene rings is 1. The molecule has 220 valence electrons. The standard InChI is InChI=1S/C32H35N3O7/c1-5-6-15(2)11-18-8-7-16(14-34-18)19-9-10-22(36)24-20(19)12-17-13-21-26(35(3)4)28(38)25(31(33)41)30(40)32(21,42)29(39)23(17)27(24)37/h7-10,14,17,21,23,25-26,36,42H,2,5-6,11-13H2,1,3-4H3,(H2,33,41). The molecule has 6 atom stereocenters. The number of amides is 1. The first-order valence-corrected chi connectivity index (χ1v) is 14.1. The Bertz CT molecular complexity index is 1530. The van der Waals surface area contributed by atoms with Gasteiger partial charge in [-0.25, -0.2) is 0 Å². The van der Waals surface area contributed by atoms with Crippen LogP contribution >= 0.6 is 0 Å². The SMILES string of the molecule is C=C(CCC)Cc1ccc(-c2ccc(O)c3c2CC2CC4C(N(C)C)C(=O)C(C(N)=O)C(=O)C4(O)C(=O)C2C3=O)cn1. The van der Waals surface area contributed by atoms with Crippen molar-refractivity contribution in [3.63, 3.8) is 0 Å². The number of primary amides is 1. The van der Waals surface area contributed by atoms with Crippen LogP contribution in [0, 0.1) is 23.7 Å². The molecule has 2 fully saturated rings. The summed E-state index contributed by atoms with van der Waals surface area (Å²) in [5, 5.41) is 22.5. The second-order valence-electron chi connectivity index (χ2n) is 12.0. The minimum Gasteiger partial charge on any atom is -0.507 e. The summed E-state index contributed by atoms with van der Waals surface area (Å²) < 4.78 is 0. The molecule has 42 heavy (non-hydrogen) atoms. The maximum absolute atomic E-state index is 14.0. The number of fused-ring (bicyclic) bond motifs is 3. The molecule has 1 aromatic heterocycles. The third-order valence-corrected chi connectivity index (χ3v) is 9.12. The summed E-state index contributed by atoms with van der Waals surface area (Å²) in [6.45, 7) is 6.18. The molecule has 1 aromatic carbocycles. The van der Waals surface area contributed by atoms with Gasteiger partial charge in [0.1, 0.15) is 5.75 Å². The number of phenolic OH excluding ortho intramolecular Hbond substituents is 1. The normalized spacial score (nSPS) is 28.7. The molecule has 0 aliphatic heterocycles. The first-order valence-electron chi connectivity index (χ1n) is 14.1. The molecule has 6 unspecified atom stereocenters.